The van der Waals surface area contributed by atoms with Crippen LogP contribution in [0, 0.1) is 0 Å². The molecule has 0 fully saturated rings. The van der Waals surface area contributed by atoms with Gasteiger partial charge < -0.3 is 16.0 Å². The van der Waals surface area contributed by atoms with Crippen LogP contribution in [0.1, 0.15) is 0 Å². The topological polar surface area (TPSA) is 70.2 Å². The van der Waals surface area contributed by atoms with Gasteiger partial charge in [-0.2, -0.15) is 0 Å². The number of ketones is 2. The number of rotatable bonds is 8. The molecule has 0 heterocycles. The first-order valence-corrected chi connectivity index (χ1v) is 7.63. The predicted octanol–water partition coefficient (Wildman–Crippen LogP) is 0.911. The third-order valence-corrected chi connectivity index (χ3v) is 3.25. The molecule has 127 valence electrons. The average molecular weight is 366 g/mol. The largest absolute Gasteiger partial charge is 0.389 e. The van der Waals surface area contributed by atoms with Crippen molar-refractivity contribution in [3.05, 3.63) is 72.2 Å². The van der Waals surface area contributed by atoms with Gasteiger partial charge in [-0.1, -0.05) is 24.3 Å². The fourth-order valence-electron chi connectivity index (χ4n) is 2.01. The molecule has 3 N–H and O–H groups in total. The number of hydrogen-bond acceptors (Lipinski definition) is 5. The average Bonchev–Trinajstić information content (AvgIpc) is 2.56. The van der Waals surface area contributed by atoms with Crippen LogP contribution in [0.4, 0.5) is 0 Å². The smallest absolute Gasteiger partial charge is 0.187 e. The van der Waals surface area contributed by atoms with Crippen LogP contribution in [0.2, 0.25) is 0 Å². The maximum absolute atomic E-state index is 11.5. The van der Waals surface area contributed by atoms with E-state index >= 15 is 0 Å². The molecule has 5 nitrogen and oxygen atoms in total. The summed E-state index contributed by atoms with van der Waals surface area (Å²) in [6, 6.07) is 0. The summed E-state index contributed by atoms with van der Waals surface area (Å²) < 4.78 is 0. The van der Waals surface area contributed by atoms with Gasteiger partial charge in [-0.25, -0.2) is 0 Å². The minimum Gasteiger partial charge on any atom is -0.389 e. The summed E-state index contributed by atoms with van der Waals surface area (Å²) >= 11 is 0. The first kappa shape index (κ1) is 19.9. The Morgan fingerprint density at radius 1 is 0.667 bits per heavy atom. The molecule has 2 aliphatic carbocycles. The summed E-state index contributed by atoms with van der Waals surface area (Å²) in [5.74, 6) is 0.0395. The van der Waals surface area contributed by atoms with Crippen LogP contribution in [-0.2, 0) is 26.7 Å². The monoisotopic (exact) mass is 366 g/mol. The van der Waals surface area contributed by atoms with Gasteiger partial charge in [-0.15, -0.1) is 0 Å². The van der Waals surface area contributed by atoms with Gasteiger partial charge in [0.1, 0.15) is 0 Å². The second-order valence-electron chi connectivity index (χ2n) is 5.02. The summed E-state index contributed by atoms with van der Waals surface area (Å²) in [6.07, 6.45) is 17.3. The van der Waals surface area contributed by atoms with Crippen LogP contribution >= 0.6 is 0 Å². The first-order valence-electron chi connectivity index (χ1n) is 7.63. The Kier molecular flexibility index (Phi) is 9.46. The molecule has 0 bridgehead atoms. The standard InChI is InChI=1S/C18H21N3O2.Mn/c22-17-7-3-1-5-15(17)13-20-11-9-19-10-12-21-14-16-6-2-4-8-18(16)23;/h1-8,13-14,19-21H,9-12H2;/b15-13-,16-14-;. The maximum atomic E-state index is 11.5. The molecule has 6 heteroatoms. The molecule has 0 saturated carbocycles. The molecular weight excluding hydrogens is 345 g/mol. The third kappa shape index (κ3) is 6.96. The minimum absolute atomic E-state index is 0. The van der Waals surface area contributed by atoms with Crippen molar-refractivity contribution in [1.29, 1.82) is 0 Å². The van der Waals surface area contributed by atoms with E-state index < -0.39 is 0 Å². The van der Waals surface area contributed by atoms with Gasteiger partial charge in [-0.05, 0) is 24.3 Å². The van der Waals surface area contributed by atoms with Gasteiger partial charge in [-0.3, -0.25) is 9.59 Å². The number of allylic oxidation sites excluding steroid dienone is 10. The zero-order chi connectivity index (χ0) is 16.3. The van der Waals surface area contributed by atoms with E-state index in [2.05, 4.69) is 16.0 Å². The van der Waals surface area contributed by atoms with Crippen molar-refractivity contribution in [1.82, 2.24) is 16.0 Å². The molecule has 2 aliphatic rings. The third-order valence-electron chi connectivity index (χ3n) is 3.25. The summed E-state index contributed by atoms with van der Waals surface area (Å²) in [4.78, 5) is 23.0. The quantitative estimate of drug-likeness (QED) is 0.339. The van der Waals surface area contributed by atoms with E-state index in [1.54, 1.807) is 48.9 Å². The predicted molar refractivity (Wildman–Crippen MR) is 91.6 cm³/mol. The second-order valence-corrected chi connectivity index (χ2v) is 5.02. The van der Waals surface area contributed by atoms with Crippen LogP contribution in [0.15, 0.2) is 72.2 Å². The van der Waals surface area contributed by atoms with Crippen molar-refractivity contribution in [2.75, 3.05) is 26.2 Å². The van der Waals surface area contributed by atoms with E-state index in [1.807, 2.05) is 12.2 Å². The maximum Gasteiger partial charge on any atom is 0.187 e. The van der Waals surface area contributed by atoms with Gasteiger partial charge in [0, 0.05) is 66.8 Å². The molecule has 0 atom stereocenters. The normalized spacial score (nSPS) is 19.0. The zero-order valence-corrected chi connectivity index (χ0v) is 14.5. The Morgan fingerprint density at radius 2 is 1.08 bits per heavy atom. The molecule has 0 aliphatic heterocycles. The SMILES string of the molecule is O=C1C=CC=C/C1=C/NCCNCCN/C=C1/C=CC=CC1=O.[Mn]. The number of hydrogen-bond donors (Lipinski definition) is 3. The fraction of sp³-hybridized carbons (Fsp3) is 0.222. The molecule has 0 spiro atoms. The van der Waals surface area contributed by atoms with E-state index in [9.17, 15) is 9.59 Å². The fourth-order valence-corrected chi connectivity index (χ4v) is 2.01. The Balaban J connectivity index is 0.00000288. The van der Waals surface area contributed by atoms with Gasteiger partial charge in [0.2, 0.25) is 0 Å². The van der Waals surface area contributed by atoms with E-state index in [-0.39, 0.29) is 28.6 Å². The number of carbonyl (C=O) groups excluding carboxylic acids is 2. The zero-order valence-electron chi connectivity index (χ0n) is 13.3. The molecule has 0 aromatic heterocycles. The van der Waals surface area contributed by atoms with Crippen LogP contribution in [0.25, 0.3) is 0 Å². The summed E-state index contributed by atoms with van der Waals surface area (Å²) in [6.45, 7) is 3.05. The molecular formula is C18H21MnN3O2. The summed E-state index contributed by atoms with van der Waals surface area (Å²) in [7, 11) is 0. The van der Waals surface area contributed by atoms with Crippen LogP contribution in [0.5, 0.6) is 0 Å². The van der Waals surface area contributed by atoms with Gasteiger partial charge in [0.25, 0.3) is 0 Å². The Bertz CT molecular complexity index is 574. The summed E-state index contributed by atoms with van der Waals surface area (Å²) in [5, 5.41) is 9.49. The molecule has 1 radical (unpaired) electrons. The Hall–Kier alpha value is -2.14. The number of nitrogens with one attached hydrogen (secondary N) is 3. The van der Waals surface area contributed by atoms with Crippen molar-refractivity contribution in [2.24, 2.45) is 0 Å². The second kappa shape index (κ2) is 11.4. The van der Waals surface area contributed by atoms with E-state index in [4.69, 9.17) is 0 Å². The van der Waals surface area contributed by atoms with Crippen LogP contribution < -0.4 is 16.0 Å². The van der Waals surface area contributed by atoms with Gasteiger partial charge >= 0.3 is 0 Å². The molecule has 0 amide bonds. The molecule has 0 saturated heterocycles. The van der Waals surface area contributed by atoms with E-state index in [0.29, 0.717) is 11.1 Å². The van der Waals surface area contributed by atoms with Crippen molar-refractivity contribution in [3.8, 4) is 0 Å². The van der Waals surface area contributed by atoms with Crippen molar-refractivity contribution in [2.45, 2.75) is 0 Å². The van der Waals surface area contributed by atoms with E-state index in [0.717, 1.165) is 26.2 Å². The van der Waals surface area contributed by atoms with Gasteiger partial charge in [0.15, 0.2) is 11.6 Å². The first-order chi connectivity index (χ1) is 11.3. The Morgan fingerprint density at radius 3 is 1.50 bits per heavy atom. The molecule has 0 aromatic carbocycles. The number of carbonyl (C=O) groups is 2. The molecule has 24 heavy (non-hydrogen) atoms. The molecule has 2 rings (SSSR count). The Labute approximate surface area is 152 Å². The van der Waals surface area contributed by atoms with Crippen molar-refractivity contribution < 1.29 is 26.7 Å². The summed E-state index contributed by atoms with van der Waals surface area (Å²) in [5.41, 5.74) is 1.33. The molecule has 0 aromatic rings. The van der Waals surface area contributed by atoms with Crippen LogP contribution in [0.3, 0.4) is 0 Å². The van der Waals surface area contributed by atoms with Crippen molar-refractivity contribution >= 4 is 11.6 Å². The van der Waals surface area contributed by atoms with E-state index in [1.165, 1.54) is 0 Å². The van der Waals surface area contributed by atoms with Crippen LogP contribution in [-0.4, -0.2) is 37.7 Å². The van der Waals surface area contributed by atoms with Gasteiger partial charge in [0.05, 0.1) is 0 Å². The molecule has 0 unspecified atom stereocenters. The minimum atomic E-state index is 0. The van der Waals surface area contributed by atoms with Crippen molar-refractivity contribution in [3.63, 3.8) is 0 Å².